The van der Waals surface area contributed by atoms with E-state index in [0.717, 1.165) is 25.9 Å². The van der Waals surface area contributed by atoms with E-state index in [1.807, 2.05) is 25.7 Å². The van der Waals surface area contributed by atoms with Gasteiger partial charge >= 0.3 is 12.0 Å². The summed E-state index contributed by atoms with van der Waals surface area (Å²) in [5, 5.41) is 0. The summed E-state index contributed by atoms with van der Waals surface area (Å²) in [7, 11) is 3.52. The number of hydrogen-bond acceptors (Lipinski definition) is 3. The molecule has 1 rings (SSSR count). The molecule has 0 spiro atoms. The van der Waals surface area contributed by atoms with Crippen molar-refractivity contribution in [3.8, 4) is 0 Å². The number of nitrogens with zero attached hydrogens (tertiary/aromatic N) is 2. The van der Waals surface area contributed by atoms with Crippen molar-refractivity contribution in [1.29, 1.82) is 0 Å². The first kappa shape index (κ1) is 15.8. The molecule has 5 nitrogen and oxygen atoms in total. The molecule has 1 aliphatic rings. The molecule has 0 aromatic carbocycles. The van der Waals surface area contributed by atoms with Crippen LogP contribution in [0.3, 0.4) is 0 Å². The van der Waals surface area contributed by atoms with Gasteiger partial charge in [-0.05, 0) is 39.5 Å². The van der Waals surface area contributed by atoms with Crippen LogP contribution in [0.5, 0.6) is 0 Å². The Labute approximate surface area is 115 Å². The number of likely N-dealkylation sites (tertiary alicyclic amines) is 1. The molecule has 5 heteroatoms. The number of urea groups is 1. The van der Waals surface area contributed by atoms with E-state index in [9.17, 15) is 9.59 Å². The molecule has 1 aliphatic heterocycles. The van der Waals surface area contributed by atoms with E-state index in [1.54, 1.807) is 19.0 Å². The Balaban J connectivity index is 2.30. The zero-order valence-electron chi connectivity index (χ0n) is 12.7. The molecule has 0 unspecified atom stereocenters. The molecule has 1 atom stereocenters. The average Bonchev–Trinajstić information content (AvgIpc) is 2.71. The smallest absolute Gasteiger partial charge is 0.319 e. The van der Waals surface area contributed by atoms with Gasteiger partial charge in [0.1, 0.15) is 5.60 Å². The molecule has 1 heterocycles. The topological polar surface area (TPSA) is 49.9 Å². The van der Waals surface area contributed by atoms with Crippen molar-refractivity contribution in [2.24, 2.45) is 5.92 Å². The number of esters is 1. The fraction of sp³-hybridized carbons (Fsp3) is 0.857. The van der Waals surface area contributed by atoms with Gasteiger partial charge in [-0.1, -0.05) is 0 Å². The number of amides is 2. The van der Waals surface area contributed by atoms with Crippen LogP contribution in [0.4, 0.5) is 4.79 Å². The normalized spacial score (nSPS) is 19.4. The van der Waals surface area contributed by atoms with Crippen molar-refractivity contribution < 1.29 is 14.3 Å². The summed E-state index contributed by atoms with van der Waals surface area (Å²) in [4.78, 5) is 26.8. The largest absolute Gasteiger partial charge is 0.460 e. The van der Waals surface area contributed by atoms with E-state index in [-0.39, 0.29) is 12.0 Å². The lowest BCUT2D eigenvalue weighted by Crippen LogP contribution is -2.37. The maximum absolute atomic E-state index is 11.8. The summed E-state index contributed by atoms with van der Waals surface area (Å²) >= 11 is 0. The molecule has 0 N–H and O–H groups in total. The highest BCUT2D eigenvalue weighted by atomic mass is 16.6. The number of hydrogen-bond donors (Lipinski definition) is 0. The Morgan fingerprint density at radius 3 is 2.47 bits per heavy atom. The third-order valence-electron chi connectivity index (χ3n) is 3.12. The van der Waals surface area contributed by atoms with Crippen LogP contribution in [0.25, 0.3) is 0 Å². The van der Waals surface area contributed by atoms with Crippen LogP contribution in [0.2, 0.25) is 0 Å². The third kappa shape index (κ3) is 5.49. The minimum absolute atomic E-state index is 0.0553. The summed E-state index contributed by atoms with van der Waals surface area (Å²) < 4.78 is 5.28. The van der Waals surface area contributed by atoms with Crippen LogP contribution in [0, 0.1) is 5.92 Å². The summed E-state index contributed by atoms with van der Waals surface area (Å²) in [6.07, 6.45) is 2.21. The monoisotopic (exact) mass is 270 g/mol. The van der Waals surface area contributed by atoms with Crippen molar-refractivity contribution in [2.45, 2.75) is 45.6 Å². The molecule has 110 valence electrons. The summed E-state index contributed by atoms with van der Waals surface area (Å²) in [6.45, 7) is 7.16. The Hall–Kier alpha value is -1.26. The molecule has 0 aliphatic carbocycles. The fourth-order valence-corrected chi connectivity index (χ4v) is 2.24. The fourth-order valence-electron chi connectivity index (χ4n) is 2.24. The lowest BCUT2D eigenvalue weighted by Gasteiger charge is -2.21. The van der Waals surface area contributed by atoms with Crippen LogP contribution in [-0.4, -0.2) is 54.6 Å². The van der Waals surface area contributed by atoms with E-state index in [0.29, 0.717) is 12.3 Å². The van der Waals surface area contributed by atoms with Gasteiger partial charge in [0, 0.05) is 33.6 Å². The molecule has 2 amide bonds. The summed E-state index contributed by atoms with van der Waals surface area (Å²) in [6, 6.07) is 0.0553. The molecule has 0 aromatic rings. The van der Waals surface area contributed by atoms with Gasteiger partial charge in [-0.25, -0.2) is 4.79 Å². The molecule has 1 fully saturated rings. The molecule has 0 saturated carbocycles. The van der Waals surface area contributed by atoms with Gasteiger partial charge in [-0.2, -0.15) is 0 Å². The quantitative estimate of drug-likeness (QED) is 0.738. The highest BCUT2D eigenvalue weighted by molar-refractivity contribution is 5.74. The average molecular weight is 270 g/mol. The predicted molar refractivity (Wildman–Crippen MR) is 73.8 cm³/mol. The highest BCUT2D eigenvalue weighted by Gasteiger charge is 2.27. The molecular formula is C14H26N2O3. The Bertz CT molecular complexity index is 334. The van der Waals surface area contributed by atoms with Gasteiger partial charge in [-0.15, -0.1) is 0 Å². The minimum atomic E-state index is -0.417. The first-order valence-corrected chi connectivity index (χ1v) is 6.87. The Morgan fingerprint density at radius 1 is 1.32 bits per heavy atom. The first-order valence-electron chi connectivity index (χ1n) is 6.87. The molecule has 0 aromatic heterocycles. The molecule has 0 radical (unpaired) electrons. The van der Waals surface area contributed by atoms with Crippen molar-refractivity contribution in [3.05, 3.63) is 0 Å². The van der Waals surface area contributed by atoms with Crippen molar-refractivity contribution in [3.63, 3.8) is 0 Å². The number of ether oxygens (including phenoxy) is 1. The Morgan fingerprint density at radius 2 is 1.95 bits per heavy atom. The molecule has 19 heavy (non-hydrogen) atoms. The minimum Gasteiger partial charge on any atom is -0.460 e. The second-order valence-corrected chi connectivity index (χ2v) is 6.40. The predicted octanol–water partition coefficient (Wildman–Crippen LogP) is 2.11. The lowest BCUT2D eigenvalue weighted by atomic mass is 10.0. The standard InChI is InChI=1S/C14H26N2O3/c1-14(2,3)19-12(17)7-6-11-8-9-16(10-11)13(18)15(4)5/h11H,6-10H2,1-5H3/t11-/m1/s1. The van der Waals surface area contributed by atoms with Crippen molar-refractivity contribution >= 4 is 12.0 Å². The summed E-state index contributed by atoms with van der Waals surface area (Å²) in [5.41, 5.74) is -0.417. The SMILES string of the molecule is CN(C)C(=O)N1CC[C@@H](CCC(=O)OC(C)(C)C)C1. The maximum Gasteiger partial charge on any atom is 0.319 e. The molecular weight excluding hydrogens is 244 g/mol. The first-order chi connectivity index (χ1) is 8.69. The second kappa shape index (κ2) is 6.26. The van der Waals surface area contributed by atoms with Crippen molar-refractivity contribution in [2.75, 3.05) is 27.2 Å². The van der Waals surface area contributed by atoms with Gasteiger partial charge in [0.05, 0.1) is 0 Å². The molecule has 0 bridgehead atoms. The van der Waals surface area contributed by atoms with Crippen LogP contribution in [-0.2, 0) is 9.53 Å². The summed E-state index contributed by atoms with van der Waals surface area (Å²) in [5.74, 6) is 0.265. The van der Waals surface area contributed by atoms with Gasteiger partial charge in [0.25, 0.3) is 0 Å². The van der Waals surface area contributed by atoms with Crippen LogP contribution < -0.4 is 0 Å². The number of rotatable bonds is 3. The van der Waals surface area contributed by atoms with Crippen LogP contribution >= 0.6 is 0 Å². The second-order valence-electron chi connectivity index (χ2n) is 6.40. The third-order valence-corrected chi connectivity index (χ3v) is 3.12. The van der Waals surface area contributed by atoms with E-state index in [1.165, 1.54) is 0 Å². The van der Waals surface area contributed by atoms with Crippen LogP contribution in [0.1, 0.15) is 40.0 Å². The van der Waals surface area contributed by atoms with Crippen LogP contribution in [0.15, 0.2) is 0 Å². The van der Waals surface area contributed by atoms with E-state index >= 15 is 0 Å². The van der Waals surface area contributed by atoms with Gasteiger partial charge < -0.3 is 14.5 Å². The van der Waals surface area contributed by atoms with E-state index in [2.05, 4.69) is 0 Å². The van der Waals surface area contributed by atoms with E-state index in [4.69, 9.17) is 4.74 Å². The van der Waals surface area contributed by atoms with Gasteiger partial charge in [0.15, 0.2) is 0 Å². The van der Waals surface area contributed by atoms with Gasteiger partial charge in [-0.3, -0.25) is 4.79 Å². The molecule has 1 saturated heterocycles. The zero-order chi connectivity index (χ0) is 14.6. The highest BCUT2D eigenvalue weighted by Crippen LogP contribution is 2.22. The maximum atomic E-state index is 11.8. The number of carbonyl (C=O) groups excluding carboxylic acids is 2. The Kier molecular flexibility index (Phi) is 5.20. The van der Waals surface area contributed by atoms with E-state index < -0.39 is 5.60 Å². The lowest BCUT2D eigenvalue weighted by molar-refractivity contribution is -0.155. The van der Waals surface area contributed by atoms with Gasteiger partial charge in [0.2, 0.25) is 0 Å². The zero-order valence-corrected chi connectivity index (χ0v) is 12.7. The van der Waals surface area contributed by atoms with Crippen molar-refractivity contribution in [1.82, 2.24) is 9.80 Å². The number of carbonyl (C=O) groups is 2.